The molecular weight excluding hydrogens is 322 g/mol. The molecular formula is C19H25NO5. The fourth-order valence-corrected chi connectivity index (χ4v) is 2.86. The highest BCUT2D eigenvalue weighted by Gasteiger charge is 2.34. The van der Waals surface area contributed by atoms with Gasteiger partial charge in [0.2, 0.25) is 5.91 Å². The minimum atomic E-state index is -0.445. The van der Waals surface area contributed by atoms with Gasteiger partial charge in [-0.25, -0.2) is 4.79 Å². The van der Waals surface area contributed by atoms with Gasteiger partial charge in [0.25, 0.3) is 0 Å². The van der Waals surface area contributed by atoms with Gasteiger partial charge in [0.15, 0.2) is 0 Å². The summed E-state index contributed by atoms with van der Waals surface area (Å²) in [4.78, 5) is 24.6. The van der Waals surface area contributed by atoms with Gasteiger partial charge in [0, 0.05) is 30.7 Å². The molecule has 0 fully saturated rings. The number of para-hydroxylation sites is 1. The zero-order chi connectivity index (χ0) is 18.4. The van der Waals surface area contributed by atoms with Gasteiger partial charge < -0.3 is 19.5 Å². The summed E-state index contributed by atoms with van der Waals surface area (Å²) in [6.45, 7) is 6.07. The SMILES string of the molecule is COCCOC(=O)C1=C(C)NC(=O)C[C@@H]1c1ccccc1OC(C)C. The Morgan fingerprint density at radius 3 is 2.68 bits per heavy atom. The lowest BCUT2D eigenvalue weighted by atomic mass is 9.84. The molecule has 1 aliphatic rings. The average molecular weight is 347 g/mol. The number of rotatable bonds is 7. The third-order valence-electron chi connectivity index (χ3n) is 3.87. The molecule has 136 valence electrons. The van der Waals surface area contributed by atoms with Crippen molar-refractivity contribution >= 4 is 11.9 Å². The Labute approximate surface area is 148 Å². The maximum absolute atomic E-state index is 12.6. The molecule has 6 nitrogen and oxygen atoms in total. The Kier molecular flexibility index (Phi) is 6.58. The maximum atomic E-state index is 12.6. The predicted octanol–water partition coefficient (Wildman–Crippen LogP) is 2.54. The van der Waals surface area contributed by atoms with Crippen molar-refractivity contribution in [2.75, 3.05) is 20.3 Å². The minimum Gasteiger partial charge on any atom is -0.491 e. The first-order valence-corrected chi connectivity index (χ1v) is 8.36. The lowest BCUT2D eigenvalue weighted by Gasteiger charge is -2.28. The quantitative estimate of drug-likeness (QED) is 0.606. The lowest BCUT2D eigenvalue weighted by molar-refractivity contribution is -0.140. The van der Waals surface area contributed by atoms with E-state index < -0.39 is 11.9 Å². The van der Waals surface area contributed by atoms with Gasteiger partial charge in [-0.15, -0.1) is 0 Å². The van der Waals surface area contributed by atoms with Crippen LogP contribution in [-0.4, -0.2) is 38.3 Å². The van der Waals surface area contributed by atoms with E-state index in [2.05, 4.69) is 5.32 Å². The molecule has 1 N–H and O–H groups in total. The number of carbonyl (C=O) groups excluding carboxylic acids is 2. The number of benzene rings is 1. The lowest BCUT2D eigenvalue weighted by Crippen LogP contribution is -2.34. The Morgan fingerprint density at radius 2 is 2.00 bits per heavy atom. The third kappa shape index (κ3) is 4.82. The van der Waals surface area contributed by atoms with Crippen LogP contribution in [0.15, 0.2) is 35.5 Å². The predicted molar refractivity (Wildman–Crippen MR) is 93.2 cm³/mol. The van der Waals surface area contributed by atoms with E-state index in [1.807, 2.05) is 38.1 Å². The van der Waals surface area contributed by atoms with Crippen molar-refractivity contribution < 1.29 is 23.8 Å². The van der Waals surface area contributed by atoms with Gasteiger partial charge in [0.1, 0.15) is 12.4 Å². The number of hydrogen-bond donors (Lipinski definition) is 1. The van der Waals surface area contributed by atoms with E-state index in [4.69, 9.17) is 14.2 Å². The summed E-state index contributed by atoms with van der Waals surface area (Å²) in [5.41, 5.74) is 1.78. The van der Waals surface area contributed by atoms with E-state index in [0.717, 1.165) is 5.56 Å². The summed E-state index contributed by atoms with van der Waals surface area (Å²) < 4.78 is 16.1. The number of hydrogen-bond acceptors (Lipinski definition) is 5. The smallest absolute Gasteiger partial charge is 0.336 e. The molecule has 1 atom stereocenters. The van der Waals surface area contributed by atoms with Crippen molar-refractivity contribution in [3.05, 3.63) is 41.1 Å². The van der Waals surface area contributed by atoms with Crippen LogP contribution in [0.2, 0.25) is 0 Å². The van der Waals surface area contributed by atoms with Crippen LogP contribution >= 0.6 is 0 Å². The fourth-order valence-electron chi connectivity index (χ4n) is 2.86. The monoisotopic (exact) mass is 347 g/mol. The number of ether oxygens (including phenoxy) is 3. The Bertz CT molecular complexity index is 666. The molecule has 2 rings (SSSR count). The molecule has 6 heteroatoms. The summed E-state index contributed by atoms with van der Waals surface area (Å²) in [5, 5.41) is 2.73. The second kappa shape index (κ2) is 8.67. The van der Waals surface area contributed by atoms with E-state index >= 15 is 0 Å². The molecule has 0 saturated carbocycles. The third-order valence-corrected chi connectivity index (χ3v) is 3.87. The molecule has 0 aliphatic carbocycles. The van der Waals surface area contributed by atoms with Crippen molar-refractivity contribution in [1.82, 2.24) is 5.32 Å². The van der Waals surface area contributed by atoms with Crippen LogP contribution in [0.4, 0.5) is 0 Å². The first-order chi connectivity index (χ1) is 11.9. The Balaban J connectivity index is 2.38. The number of carbonyl (C=O) groups is 2. The van der Waals surface area contributed by atoms with Gasteiger partial charge in [-0.1, -0.05) is 18.2 Å². The first kappa shape index (κ1) is 19.0. The van der Waals surface area contributed by atoms with Crippen LogP contribution in [0.1, 0.15) is 38.7 Å². The standard InChI is InChI=1S/C19H25NO5/c1-12(2)25-16-8-6-5-7-14(16)15-11-17(21)20-13(3)18(15)19(22)24-10-9-23-4/h5-8,12,15H,9-11H2,1-4H3,(H,20,21)/t15-/m1/s1. The molecule has 1 heterocycles. The van der Waals surface area contributed by atoms with Gasteiger partial charge in [-0.05, 0) is 26.8 Å². The summed E-state index contributed by atoms with van der Waals surface area (Å²) >= 11 is 0. The molecule has 0 saturated heterocycles. The molecule has 0 radical (unpaired) electrons. The molecule has 0 bridgehead atoms. The number of methoxy groups -OCH3 is 1. The van der Waals surface area contributed by atoms with Gasteiger partial charge in [0.05, 0.1) is 18.3 Å². The summed E-state index contributed by atoms with van der Waals surface area (Å²) in [6.07, 6.45) is 0.158. The minimum absolute atomic E-state index is 0.0132. The van der Waals surface area contributed by atoms with Crippen molar-refractivity contribution in [3.8, 4) is 5.75 Å². The van der Waals surface area contributed by atoms with Crippen molar-refractivity contribution in [2.24, 2.45) is 0 Å². The zero-order valence-corrected chi connectivity index (χ0v) is 15.1. The summed E-state index contributed by atoms with van der Waals surface area (Å²) in [7, 11) is 1.54. The summed E-state index contributed by atoms with van der Waals surface area (Å²) in [6, 6.07) is 7.48. The largest absolute Gasteiger partial charge is 0.491 e. The molecule has 1 amide bonds. The molecule has 0 unspecified atom stereocenters. The number of amides is 1. The van der Waals surface area contributed by atoms with Crippen LogP contribution < -0.4 is 10.1 Å². The van der Waals surface area contributed by atoms with Crippen LogP contribution in [0.25, 0.3) is 0 Å². The highest BCUT2D eigenvalue weighted by Crippen LogP contribution is 2.38. The van der Waals surface area contributed by atoms with E-state index in [0.29, 0.717) is 23.6 Å². The van der Waals surface area contributed by atoms with Crippen LogP contribution in [0.5, 0.6) is 5.75 Å². The maximum Gasteiger partial charge on any atom is 0.336 e. The van der Waals surface area contributed by atoms with E-state index in [-0.39, 0.29) is 25.0 Å². The fraction of sp³-hybridized carbons (Fsp3) is 0.474. The molecule has 0 aromatic heterocycles. The first-order valence-electron chi connectivity index (χ1n) is 8.36. The van der Waals surface area contributed by atoms with Crippen molar-refractivity contribution in [2.45, 2.75) is 39.2 Å². The highest BCUT2D eigenvalue weighted by atomic mass is 16.6. The number of allylic oxidation sites excluding steroid dienone is 1. The molecule has 1 aromatic carbocycles. The molecule has 0 spiro atoms. The molecule has 1 aromatic rings. The van der Waals surface area contributed by atoms with Crippen LogP contribution in [-0.2, 0) is 19.1 Å². The Hall–Kier alpha value is -2.34. The highest BCUT2D eigenvalue weighted by molar-refractivity contribution is 5.96. The molecule has 1 aliphatic heterocycles. The van der Waals surface area contributed by atoms with Crippen LogP contribution in [0.3, 0.4) is 0 Å². The molecule has 25 heavy (non-hydrogen) atoms. The van der Waals surface area contributed by atoms with Crippen LogP contribution in [0, 0.1) is 0 Å². The van der Waals surface area contributed by atoms with E-state index in [1.54, 1.807) is 14.0 Å². The topological polar surface area (TPSA) is 73.9 Å². The van der Waals surface area contributed by atoms with Gasteiger partial charge >= 0.3 is 5.97 Å². The summed E-state index contributed by atoms with van der Waals surface area (Å²) in [5.74, 6) is -0.305. The van der Waals surface area contributed by atoms with E-state index in [9.17, 15) is 9.59 Å². The second-order valence-corrected chi connectivity index (χ2v) is 6.18. The Morgan fingerprint density at radius 1 is 1.28 bits per heavy atom. The van der Waals surface area contributed by atoms with Gasteiger partial charge in [-0.2, -0.15) is 0 Å². The van der Waals surface area contributed by atoms with Crippen molar-refractivity contribution in [1.29, 1.82) is 0 Å². The van der Waals surface area contributed by atoms with Crippen molar-refractivity contribution in [3.63, 3.8) is 0 Å². The number of esters is 1. The van der Waals surface area contributed by atoms with E-state index in [1.165, 1.54) is 0 Å². The zero-order valence-electron chi connectivity index (χ0n) is 15.1. The number of nitrogens with one attached hydrogen (secondary N) is 1. The average Bonchev–Trinajstić information content (AvgIpc) is 2.54. The van der Waals surface area contributed by atoms with Gasteiger partial charge in [-0.3, -0.25) is 4.79 Å². The second-order valence-electron chi connectivity index (χ2n) is 6.18. The normalized spacial score (nSPS) is 17.5.